The molecule has 0 aromatic heterocycles. The maximum Gasteiger partial charge on any atom is 0.329 e. The lowest BCUT2D eigenvalue weighted by molar-refractivity contribution is -0.136. The largest absolute Gasteiger partial charge is 0.329 e. The summed E-state index contributed by atoms with van der Waals surface area (Å²) in [5, 5.41) is 8.97. The van der Waals surface area contributed by atoms with Gasteiger partial charge in [-0.2, -0.15) is 5.10 Å². The van der Waals surface area contributed by atoms with E-state index >= 15 is 0 Å². The quantitative estimate of drug-likeness (QED) is 0.452. The minimum atomic E-state index is -0.874. The van der Waals surface area contributed by atoms with Crippen LogP contribution in [0.1, 0.15) is 19.4 Å². The summed E-state index contributed by atoms with van der Waals surface area (Å²) in [5.41, 5.74) is 4.67. The van der Waals surface area contributed by atoms with Crippen LogP contribution in [-0.2, 0) is 14.4 Å². The lowest BCUT2D eigenvalue weighted by Crippen LogP contribution is -2.32. The maximum absolute atomic E-state index is 11.9. The molecular weight excluding hydrogens is 320 g/mol. The molecule has 0 bridgehead atoms. The summed E-state index contributed by atoms with van der Waals surface area (Å²) in [6.45, 7) is 3.13. The lowest BCUT2D eigenvalue weighted by Gasteiger charge is -2.06. The number of hydrazone groups is 1. The van der Waals surface area contributed by atoms with E-state index < -0.39 is 11.8 Å². The van der Waals surface area contributed by atoms with Gasteiger partial charge in [-0.3, -0.25) is 14.4 Å². The van der Waals surface area contributed by atoms with Crippen LogP contribution >= 0.6 is 0 Å². The molecule has 2 aromatic carbocycles. The SMILES string of the molecule is CC(=O)Nc1ccc(NC(=O)C(=O)NN=C(C)c2ccccc2)cc1. The van der Waals surface area contributed by atoms with Crippen molar-refractivity contribution in [3.05, 3.63) is 60.2 Å². The maximum atomic E-state index is 11.9. The summed E-state index contributed by atoms with van der Waals surface area (Å²) in [4.78, 5) is 34.6. The number of rotatable bonds is 4. The molecule has 0 heterocycles. The zero-order chi connectivity index (χ0) is 18.2. The third kappa shape index (κ3) is 5.58. The second kappa shape index (κ2) is 8.39. The molecule has 0 aliphatic carbocycles. The molecule has 3 amide bonds. The minimum Gasteiger partial charge on any atom is -0.326 e. The van der Waals surface area contributed by atoms with Gasteiger partial charge in [-0.05, 0) is 36.8 Å². The molecule has 2 aromatic rings. The fraction of sp³-hybridized carbons (Fsp3) is 0.111. The first-order valence-electron chi connectivity index (χ1n) is 7.54. The van der Waals surface area contributed by atoms with E-state index in [0.29, 0.717) is 17.1 Å². The summed E-state index contributed by atoms with van der Waals surface area (Å²) in [7, 11) is 0. The van der Waals surface area contributed by atoms with Crippen molar-refractivity contribution in [3.63, 3.8) is 0 Å². The molecule has 0 radical (unpaired) electrons. The molecule has 0 spiro atoms. The number of carbonyl (C=O) groups is 3. The Bertz CT molecular complexity index is 799. The summed E-state index contributed by atoms with van der Waals surface area (Å²) in [6, 6.07) is 15.7. The van der Waals surface area contributed by atoms with Crippen LogP contribution in [0, 0.1) is 0 Å². The molecular formula is C18H18N4O3. The number of carbonyl (C=O) groups excluding carboxylic acids is 3. The number of nitrogens with zero attached hydrogens (tertiary/aromatic N) is 1. The Morgan fingerprint density at radius 3 is 1.88 bits per heavy atom. The molecule has 3 N–H and O–H groups in total. The third-order valence-corrected chi connectivity index (χ3v) is 3.19. The predicted octanol–water partition coefficient (Wildman–Crippen LogP) is 2.12. The normalized spacial score (nSPS) is 10.7. The molecule has 7 heteroatoms. The van der Waals surface area contributed by atoms with Crippen molar-refractivity contribution in [1.29, 1.82) is 0 Å². The zero-order valence-corrected chi connectivity index (χ0v) is 13.9. The number of hydrogen-bond acceptors (Lipinski definition) is 4. The van der Waals surface area contributed by atoms with Gasteiger partial charge in [0, 0.05) is 18.3 Å². The van der Waals surface area contributed by atoms with Crippen LogP contribution in [0.5, 0.6) is 0 Å². The number of amides is 3. The van der Waals surface area contributed by atoms with Crippen LogP contribution in [0.15, 0.2) is 59.7 Å². The molecule has 0 aliphatic heterocycles. The fourth-order valence-electron chi connectivity index (χ4n) is 1.96. The van der Waals surface area contributed by atoms with E-state index in [1.165, 1.54) is 6.92 Å². The number of anilines is 2. The predicted molar refractivity (Wildman–Crippen MR) is 96.2 cm³/mol. The molecule has 0 saturated heterocycles. The lowest BCUT2D eigenvalue weighted by atomic mass is 10.1. The van der Waals surface area contributed by atoms with E-state index in [2.05, 4.69) is 21.2 Å². The highest BCUT2D eigenvalue weighted by atomic mass is 16.2. The highest BCUT2D eigenvalue weighted by Crippen LogP contribution is 2.13. The monoisotopic (exact) mass is 338 g/mol. The zero-order valence-electron chi connectivity index (χ0n) is 13.9. The fourth-order valence-corrected chi connectivity index (χ4v) is 1.96. The molecule has 25 heavy (non-hydrogen) atoms. The molecule has 0 unspecified atom stereocenters. The molecule has 128 valence electrons. The van der Waals surface area contributed by atoms with Crippen LogP contribution in [0.4, 0.5) is 11.4 Å². The van der Waals surface area contributed by atoms with Gasteiger partial charge in [0.05, 0.1) is 5.71 Å². The summed E-state index contributed by atoms with van der Waals surface area (Å²) >= 11 is 0. The average molecular weight is 338 g/mol. The molecule has 7 nitrogen and oxygen atoms in total. The Labute approximate surface area is 145 Å². The molecule has 0 fully saturated rings. The van der Waals surface area contributed by atoms with Crippen molar-refractivity contribution in [2.45, 2.75) is 13.8 Å². The smallest absolute Gasteiger partial charge is 0.326 e. The van der Waals surface area contributed by atoms with Crippen molar-refractivity contribution in [2.75, 3.05) is 10.6 Å². The van der Waals surface area contributed by atoms with E-state index in [9.17, 15) is 14.4 Å². The van der Waals surface area contributed by atoms with Crippen LogP contribution < -0.4 is 16.1 Å². The van der Waals surface area contributed by atoms with Gasteiger partial charge in [0.1, 0.15) is 0 Å². The Hall–Kier alpha value is -3.48. The van der Waals surface area contributed by atoms with Crippen molar-refractivity contribution in [3.8, 4) is 0 Å². The van der Waals surface area contributed by atoms with Crippen LogP contribution in [-0.4, -0.2) is 23.4 Å². The third-order valence-electron chi connectivity index (χ3n) is 3.19. The second-order valence-corrected chi connectivity index (χ2v) is 5.22. The van der Waals surface area contributed by atoms with E-state index in [-0.39, 0.29) is 5.91 Å². The van der Waals surface area contributed by atoms with Crippen molar-refractivity contribution >= 4 is 34.8 Å². The topological polar surface area (TPSA) is 99.7 Å². The Morgan fingerprint density at radius 2 is 1.32 bits per heavy atom. The molecule has 0 aliphatic rings. The van der Waals surface area contributed by atoms with Gasteiger partial charge < -0.3 is 10.6 Å². The molecule has 2 rings (SSSR count). The van der Waals surface area contributed by atoms with Crippen LogP contribution in [0.3, 0.4) is 0 Å². The second-order valence-electron chi connectivity index (χ2n) is 5.22. The van der Waals surface area contributed by atoms with E-state index in [0.717, 1.165) is 5.56 Å². The first-order valence-corrected chi connectivity index (χ1v) is 7.54. The van der Waals surface area contributed by atoms with Gasteiger partial charge in [0.15, 0.2) is 0 Å². The van der Waals surface area contributed by atoms with Crippen LogP contribution in [0.2, 0.25) is 0 Å². The Kier molecular flexibility index (Phi) is 6.00. The molecule has 0 atom stereocenters. The summed E-state index contributed by atoms with van der Waals surface area (Å²) in [6.07, 6.45) is 0. The summed E-state index contributed by atoms with van der Waals surface area (Å²) < 4.78 is 0. The first kappa shape index (κ1) is 17.9. The standard InChI is InChI=1S/C18H18N4O3/c1-12(14-6-4-3-5-7-14)21-22-18(25)17(24)20-16-10-8-15(9-11-16)19-13(2)23/h3-11H,1-2H3,(H,19,23)(H,20,24)(H,22,25). The van der Waals surface area contributed by atoms with Crippen molar-refractivity contribution < 1.29 is 14.4 Å². The van der Waals surface area contributed by atoms with Crippen LogP contribution in [0.25, 0.3) is 0 Å². The average Bonchev–Trinajstić information content (AvgIpc) is 2.61. The minimum absolute atomic E-state index is 0.192. The van der Waals surface area contributed by atoms with Gasteiger partial charge in [-0.1, -0.05) is 30.3 Å². The number of nitrogens with one attached hydrogen (secondary N) is 3. The highest BCUT2D eigenvalue weighted by molar-refractivity contribution is 6.39. The first-order chi connectivity index (χ1) is 12.0. The number of hydrogen-bond donors (Lipinski definition) is 3. The van der Waals surface area contributed by atoms with Gasteiger partial charge in [0.25, 0.3) is 0 Å². The van der Waals surface area contributed by atoms with E-state index in [4.69, 9.17) is 0 Å². The number of benzene rings is 2. The Morgan fingerprint density at radius 1 is 0.760 bits per heavy atom. The van der Waals surface area contributed by atoms with Crippen molar-refractivity contribution in [1.82, 2.24) is 5.43 Å². The summed E-state index contributed by atoms with van der Waals surface area (Å²) in [5.74, 6) is -1.90. The van der Waals surface area contributed by atoms with Gasteiger partial charge >= 0.3 is 11.8 Å². The Balaban J connectivity index is 1.92. The highest BCUT2D eigenvalue weighted by Gasteiger charge is 2.13. The van der Waals surface area contributed by atoms with Crippen molar-refractivity contribution in [2.24, 2.45) is 5.10 Å². The molecule has 0 saturated carbocycles. The van der Waals surface area contributed by atoms with E-state index in [1.807, 2.05) is 30.3 Å². The van der Waals surface area contributed by atoms with E-state index in [1.54, 1.807) is 31.2 Å². The van der Waals surface area contributed by atoms with Gasteiger partial charge in [0.2, 0.25) is 5.91 Å². The van der Waals surface area contributed by atoms with Gasteiger partial charge in [-0.15, -0.1) is 0 Å². The van der Waals surface area contributed by atoms with Gasteiger partial charge in [-0.25, -0.2) is 5.43 Å².